The molecular weight excluding hydrogens is 210 g/mol. The molecule has 0 unspecified atom stereocenters. The lowest BCUT2D eigenvalue weighted by Gasteiger charge is -2.17. The minimum absolute atomic E-state index is 0.161. The molecule has 6 heteroatoms. The Bertz CT molecular complexity index is 603. The van der Waals surface area contributed by atoms with E-state index in [9.17, 15) is 4.79 Å². The second kappa shape index (κ2) is 2.88. The first kappa shape index (κ1) is 9.02. The van der Waals surface area contributed by atoms with E-state index < -0.39 is 5.97 Å². The third-order valence-electron chi connectivity index (χ3n) is 2.66. The molecule has 0 saturated carbocycles. The molecule has 0 atom stereocenters. The smallest absolute Gasteiger partial charge is 0.335 e. The van der Waals surface area contributed by atoms with Crippen LogP contribution in [0.2, 0.25) is 0 Å². The van der Waals surface area contributed by atoms with Gasteiger partial charge in [-0.25, -0.2) is 9.78 Å². The van der Waals surface area contributed by atoms with Gasteiger partial charge in [-0.1, -0.05) is 0 Å². The van der Waals surface area contributed by atoms with Crippen LogP contribution in [-0.2, 0) is 6.54 Å². The molecule has 0 amide bonds. The number of aromatic carboxylic acids is 1. The summed E-state index contributed by atoms with van der Waals surface area (Å²) in [6.07, 6.45) is 0. The van der Waals surface area contributed by atoms with Gasteiger partial charge < -0.3 is 20.1 Å². The van der Waals surface area contributed by atoms with Crippen LogP contribution in [0.5, 0.6) is 5.75 Å². The van der Waals surface area contributed by atoms with Crippen molar-refractivity contribution < 1.29 is 14.6 Å². The summed E-state index contributed by atoms with van der Waals surface area (Å²) in [6, 6.07) is 3.00. The molecular formula is C10H9N3O3. The van der Waals surface area contributed by atoms with Crippen LogP contribution in [0.1, 0.15) is 10.4 Å². The summed E-state index contributed by atoms with van der Waals surface area (Å²) < 4.78 is 7.25. The zero-order valence-electron chi connectivity index (χ0n) is 8.30. The quantitative estimate of drug-likeness (QED) is 0.737. The number of aromatic nitrogens is 2. The molecule has 0 aliphatic carbocycles. The summed E-state index contributed by atoms with van der Waals surface area (Å²) in [5.41, 5.74) is 7.24. The zero-order chi connectivity index (χ0) is 11.3. The molecule has 0 saturated heterocycles. The van der Waals surface area contributed by atoms with Crippen LogP contribution in [0, 0.1) is 0 Å². The van der Waals surface area contributed by atoms with Crippen molar-refractivity contribution in [1.29, 1.82) is 0 Å². The molecule has 0 radical (unpaired) electrons. The predicted octanol–water partition coefficient (Wildman–Crippen LogP) is 0.709. The summed E-state index contributed by atoms with van der Waals surface area (Å²) in [5, 5.41) is 8.94. The van der Waals surface area contributed by atoms with E-state index in [0.717, 1.165) is 5.52 Å². The maximum atomic E-state index is 10.9. The van der Waals surface area contributed by atoms with E-state index in [0.29, 0.717) is 30.4 Å². The molecule has 0 bridgehead atoms. The molecule has 82 valence electrons. The Morgan fingerprint density at radius 1 is 1.56 bits per heavy atom. The summed E-state index contributed by atoms with van der Waals surface area (Å²) in [7, 11) is 0. The van der Waals surface area contributed by atoms with E-state index in [4.69, 9.17) is 15.6 Å². The fourth-order valence-electron chi connectivity index (χ4n) is 1.95. The van der Waals surface area contributed by atoms with Gasteiger partial charge in [0.25, 0.3) is 0 Å². The van der Waals surface area contributed by atoms with Crippen molar-refractivity contribution in [1.82, 2.24) is 9.55 Å². The Balaban J connectivity index is 2.39. The molecule has 0 spiro atoms. The number of nitrogens with zero attached hydrogens (tertiary/aromatic N) is 2. The van der Waals surface area contributed by atoms with Crippen LogP contribution in [0.4, 0.5) is 5.95 Å². The minimum atomic E-state index is -1.000. The number of nitrogen functional groups attached to an aromatic ring is 1. The van der Waals surface area contributed by atoms with Gasteiger partial charge >= 0.3 is 5.97 Å². The highest BCUT2D eigenvalue weighted by Gasteiger charge is 2.20. The van der Waals surface area contributed by atoms with E-state index in [1.807, 2.05) is 4.57 Å². The van der Waals surface area contributed by atoms with Crippen molar-refractivity contribution in [3.8, 4) is 5.75 Å². The number of hydrogen-bond donors (Lipinski definition) is 2. The highest BCUT2D eigenvalue weighted by atomic mass is 16.5. The number of benzene rings is 1. The first-order valence-electron chi connectivity index (χ1n) is 4.82. The van der Waals surface area contributed by atoms with Crippen LogP contribution in [-0.4, -0.2) is 27.2 Å². The first-order valence-corrected chi connectivity index (χ1v) is 4.82. The lowest BCUT2D eigenvalue weighted by atomic mass is 10.1. The third kappa shape index (κ3) is 1.06. The average molecular weight is 219 g/mol. The van der Waals surface area contributed by atoms with Crippen molar-refractivity contribution in [3.05, 3.63) is 17.7 Å². The molecule has 0 fully saturated rings. The summed E-state index contributed by atoms with van der Waals surface area (Å²) >= 11 is 0. The van der Waals surface area contributed by atoms with Crippen LogP contribution < -0.4 is 10.5 Å². The second-order valence-electron chi connectivity index (χ2n) is 3.62. The van der Waals surface area contributed by atoms with Crippen LogP contribution in [0.3, 0.4) is 0 Å². The number of carboxylic acid groups (broad SMARTS) is 1. The normalized spacial score (nSPS) is 13.8. The first-order chi connectivity index (χ1) is 7.66. The van der Waals surface area contributed by atoms with Gasteiger partial charge in [-0.3, -0.25) is 0 Å². The Morgan fingerprint density at radius 3 is 3.12 bits per heavy atom. The zero-order valence-corrected chi connectivity index (χ0v) is 8.30. The lowest BCUT2D eigenvalue weighted by Crippen LogP contribution is -2.16. The van der Waals surface area contributed by atoms with Crippen molar-refractivity contribution >= 4 is 23.0 Å². The van der Waals surface area contributed by atoms with Gasteiger partial charge in [-0.05, 0) is 12.1 Å². The molecule has 2 aromatic rings. The van der Waals surface area contributed by atoms with Gasteiger partial charge in [0.05, 0.1) is 17.6 Å². The van der Waals surface area contributed by atoms with Crippen molar-refractivity contribution in [2.24, 2.45) is 0 Å². The second-order valence-corrected chi connectivity index (χ2v) is 3.62. The van der Waals surface area contributed by atoms with Gasteiger partial charge in [0.1, 0.15) is 17.9 Å². The van der Waals surface area contributed by atoms with Crippen LogP contribution in [0.15, 0.2) is 12.1 Å². The topological polar surface area (TPSA) is 90.4 Å². The maximum absolute atomic E-state index is 10.9. The van der Waals surface area contributed by atoms with Crippen molar-refractivity contribution in [3.63, 3.8) is 0 Å². The Labute approximate surface area is 90.3 Å². The monoisotopic (exact) mass is 219 g/mol. The van der Waals surface area contributed by atoms with Gasteiger partial charge in [-0.2, -0.15) is 0 Å². The molecule has 1 aromatic carbocycles. The third-order valence-corrected chi connectivity index (χ3v) is 2.66. The fourth-order valence-corrected chi connectivity index (χ4v) is 1.95. The van der Waals surface area contributed by atoms with E-state index in [2.05, 4.69) is 4.98 Å². The number of rotatable bonds is 1. The van der Waals surface area contributed by atoms with E-state index in [1.54, 1.807) is 0 Å². The number of carbonyl (C=O) groups is 1. The largest absolute Gasteiger partial charge is 0.489 e. The maximum Gasteiger partial charge on any atom is 0.335 e. The van der Waals surface area contributed by atoms with Crippen LogP contribution in [0.25, 0.3) is 11.0 Å². The van der Waals surface area contributed by atoms with E-state index in [1.165, 1.54) is 12.1 Å². The summed E-state index contributed by atoms with van der Waals surface area (Å²) in [4.78, 5) is 15.0. The molecule has 1 aliphatic rings. The average Bonchev–Trinajstić information content (AvgIpc) is 2.58. The number of imidazole rings is 1. The molecule has 2 heterocycles. The minimum Gasteiger partial charge on any atom is -0.489 e. The molecule has 1 aliphatic heterocycles. The summed E-state index contributed by atoms with van der Waals surface area (Å²) in [6.45, 7) is 1.12. The van der Waals surface area contributed by atoms with Crippen molar-refractivity contribution in [2.45, 2.75) is 6.54 Å². The Hall–Kier alpha value is -2.24. The molecule has 16 heavy (non-hydrogen) atoms. The van der Waals surface area contributed by atoms with Gasteiger partial charge in [0.2, 0.25) is 5.95 Å². The highest BCUT2D eigenvalue weighted by molar-refractivity contribution is 5.96. The lowest BCUT2D eigenvalue weighted by molar-refractivity contribution is 0.0696. The molecule has 6 nitrogen and oxygen atoms in total. The number of hydrogen-bond acceptors (Lipinski definition) is 4. The van der Waals surface area contributed by atoms with Gasteiger partial charge in [0, 0.05) is 0 Å². The molecule has 3 N–H and O–H groups in total. The van der Waals surface area contributed by atoms with Crippen LogP contribution >= 0.6 is 0 Å². The number of carboxylic acids is 1. The van der Waals surface area contributed by atoms with E-state index >= 15 is 0 Å². The number of ether oxygens (including phenoxy) is 1. The standard InChI is InChI=1S/C10H9N3O3/c11-10-12-6-3-5(9(14)15)4-7-8(6)13(10)1-2-16-7/h3-4H,1-2H2,(H2,11,12)(H,14,15). The predicted molar refractivity (Wildman–Crippen MR) is 56.6 cm³/mol. The van der Waals surface area contributed by atoms with Gasteiger partial charge in [-0.15, -0.1) is 0 Å². The number of anilines is 1. The summed E-state index contributed by atoms with van der Waals surface area (Å²) in [5.74, 6) is -0.0760. The SMILES string of the molecule is Nc1nc2cc(C(=O)O)cc3c2n1CCO3. The number of nitrogens with two attached hydrogens (primary N) is 1. The van der Waals surface area contributed by atoms with Crippen molar-refractivity contribution in [2.75, 3.05) is 12.3 Å². The van der Waals surface area contributed by atoms with Gasteiger partial charge in [0.15, 0.2) is 0 Å². The van der Waals surface area contributed by atoms with E-state index in [-0.39, 0.29) is 5.56 Å². The Morgan fingerprint density at radius 2 is 2.38 bits per heavy atom. The molecule has 3 rings (SSSR count). The Kier molecular flexibility index (Phi) is 1.62. The fraction of sp³-hybridized carbons (Fsp3) is 0.200. The molecule has 1 aromatic heterocycles. The highest BCUT2D eigenvalue weighted by Crippen LogP contribution is 2.32.